The van der Waals surface area contributed by atoms with Gasteiger partial charge in [0.25, 0.3) is 0 Å². The minimum Gasteiger partial charge on any atom is -0.493 e. The summed E-state index contributed by atoms with van der Waals surface area (Å²) in [5.74, 6) is 0. The summed E-state index contributed by atoms with van der Waals surface area (Å²) in [7, 11) is 0. The van der Waals surface area contributed by atoms with Crippen molar-refractivity contribution in [2.45, 2.75) is 115 Å². The molecule has 4 atom stereocenters. The predicted molar refractivity (Wildman–Crippen MR) is 109 cm³/mol. The summed E-state index contributed by atoms with van der Waals surface area (Å²) in [5.41, 5.74) is 0. The molecule has 3 N–H and O–H groups in total. The first kappa shape index (κ1) is 24.4. The van der Waals surface area contributed by atoms with Gasteiger partial charge >= 0.3 is 0 Å². The number of aliphatic hydroxyl groups is 3. The molecule has 1 aliphatic rings. The van der Waals surface area contributed by atoms with Crippen LogP contribution in [0, 0.1) is 0 Å². The van der Waals surface area contributed by atoms with E-state index in [1.54, 1.807) is 6.26 Å². The highest BCUT2D eigenvalue weighted by atomic mass is 16.6. The van der Waals surface area contributed by atoms with Crippen LogP contribution in [0.5, 0.6) is 0 Å². The van der Waals surface area contributed by atoms with E-state index in [1.165, 1.54) is 70.6 Å². The Hall–Kier alpha value is -0.620. The zero-order valence-corrected chi connectivity index (χ0v) is 17.2. The van der Waals surface area contributed by atoms with E-state index in [4.69, 9.17) is 9.47 Å². The highest BCUT2D eigenvalue weighted by Gasteiger charge is 2.40. The summed E-state index contributed by atoms with van der Waals surface area (Å²) in [6.45, 7) is 2.09. The highest BCUT2D eigenvalue weighted by molar-refractivity contribution is 4.90. The van der Waals surface area contributed by atoms with Crippen molar-refractivity contribution in [3.8, 4) is 0 Å². The Morgan fingerprint density at radius 3 is 1.96 bits per heavy atom. The second-order valence-corrected chi connectivity index (χ2v) is 7.76. The molecule has 1 rings (SSSR count). The summed E-state index contributed by atoms with van der Waals surface area (Å²) >= 11 is 0. The molecule has 0 aromatic heterocycles. The van der Waals surface area contributed by atoms with Gasteiger partial charge in [0.2, 0.25) is 0 Å². The molecule has 0 aromatic carbocycles. The van der Waals surface area contributed by atoms with Crippen molar-refractivity contribution < 1.29 is 24.8 Å². The Bertz CT molecular complexity index is 361. The minimum absolute atomic E-state index is 0.0776. The Kier molecular flexibility index (Phi) is 14.8. The monoisotopic (exact) mass is 386 g/mol. The fourth-order valence-corrected chi connectivity index (χ4v) is 3.51. The van der Waals surface area contributed by atoms with Crippen molar-refractivity contribution in [3.05, 3.63) is 12.3 Å². The molecule has 0 saturated carbocycles. The van der Waals surface area contributed by atoms with E-state index >= 15 is 0 Å². The largest absolute Gasteiger partial charge is 0.493 e. The van der Waals surface area contributed by atoms with Crippen LogP contribution in [0.3, 0.4) is 0 Å². The van der Waals surface area contributed by atoms with E-state index in [9.17, 15) is 15.3 Å². The normalized spacial score (nSPS) is 23.9. The van der Waals surface area contributed by atoms with Crippen LogP contribution in [0.15, 0.2) is 12.3 Å². The lowest BCUT2D eigenvalue weighted by molar-refractivity contribution is -0.0737. The van der Waals surface area contributed by atoms with Crippen LogP contribution in [0.4, 0.5) is 0 Å². The van der Waals surface area contributed by atoms with Gasteiger partial charge in [0.05, 0.1) is 19.5 Å². The second-order valence-electron chi connectivity index (χ2n) is 7.76. The van der Waals surface area contributed by atoms with Gasteiger partial charge in [0.15, 0.2) is 0 Å². The number of rotatable bonds is 17. The summed E-state index contributed by atoms with van der Waals surface area (Å²) < 4.78 is 10.8. The minimum atomic E-state index is -1.01. The molecule has 1 fully saturated rings. The van der Waals surface area contributed by atoms with E-state index < -0.39 is 24.4 Å². The van der Waals surface area contributed by atoms with Crippen molar-refractivity contribution in [1.29, 1.82) is 0 Å². The van der Waals surface area contributed by atoms with E-state index in [1.807, 2.05) is 6.08 Å². The van der Waals surface area contributed by atoms with Gasteiger partial charge in [-0.3, -0.25) is 0 Å². The molecule has 0 unspecified atom stereocenters. The first-order chi connectivity index (χ1) is 13.2. The summed E-state index contributed by atoms with van der Waals surface area (Å²) in [5, 5.41) is 28.7. The molecular weight excluding hydrogens is 344 g/mol. The first-order valence-corrected chi connectivity index (χ1v) is 11.1. The average molecular weight is 387 g/mol. The van der Waals surface area contributed by atoms with Crippen LogP contribution in [0.1, 0.15) is 90.4 Å². The maximum absolute atomic E-state index is 9.79. The fraction of sp³-hybridized carbons (Fsp3) is 0.909. The molecule has 0 aromatic rings. The van der Waals surface area contributed by atoms with E-state index in [2.05, 4.69) is 6.92 Å². The summed E-state index contributed by atoms with van der Waals surface area (Å²) in [4.78, 5) is 0. The highest BCUT2D eigenvalue weighted by Crippen LogP contribution is 2.20. The molecule has 0 bridgehead atoms. The number of hydrogen-bond donors (Lipinski definition) is 3. The third-order valence-corrected chi connectivity index (χ3v) is 5.31. The van der Waals surface area contributed by atoms with Crippen LogP contribution in [-0.2, 0) is 9.47 Å². The lowest BCUT2D eigenvalue weighted by Gasteiger charge is -2.23. The van der Waals surface area contributed by atoms with Gasteiger partial charge in [-0.25, -0.2) is 0 Å². The van der Waals surface area contributed by atoms with Crippen LogP contribution in [-0.4, -0.2) is 52.9 Å². The number of hydrogen-bond acceptors (Lipinski definition) is 5. The van der Waals surface area contributed by atoms with Crippen molar-refractivity contribution in [2.24, 2.45) is 0 Å². The standard InChI is InChI=1S/C22H42O5/c1-2-3-4-5-6-7-8-9-10-11-12-13-14-15-16-26-20(17-23)22-21(25)19(24)18-27-22/h15-16,19-25H,2-14,17-18H2,1H3/b16-15+/t19-,20+,21+,22+/m0/s1. The Morgan fingerprint density at radius 2 is 1.48 bits per heavy atom. The van der Waals surface area contributed by atoms with Crippen molar-refractivity contribution in [3.63, 3.8) is 0 Å². The van der Waals surface area contributed by atoms with Gasteiger partial charge in [-0.15, -0.1) is 0 Å². The fourth-order valence-electron chi connectivity index (χ4n) is 3.51. The maximum atomic E-state index is 9.79. The van der Waals surface area contributed by atoms with Crippen LogP contribution in [0.2, 0.25) is 0 Å². The average Bonchev–Trinajstić information content (AvgIpc) is 3.00. The molecule has 1 heterocycles. The zero-order valence-electron chi connectivity index (χ0n) is 17.2. The van der Waals surface area contributed by atoms with E-state index in [-0.39, 0.29) is 13.2 Å². The summed E-state index contributed by atoms with van der Waals surface area (Å²) in [6.07, 6.45) is 17.3. The Morgan fingerprint density at radius 1 is 0.926 bits per heavy atom. The molecule has 0 aliphatic carbocycles. The third-order valence-electron chi connectivity index (χ3n) is 5.31. The predicted octanol–water partition coefficient (Wildman–Crippen LogP) is 4.09. The van der Waals surface area contributed by atoms with Gasteiger partial charge in [-0.1, -0.05) is 77.6 Å². The molecule has 0 radical (unpaired) electrons. The van der Waals surface area contributed by atoms with E-state index in [0.717, 1.165) is 12.8 Å². The van der Waals surface area contributed by atoms with Crippen LogP contribution in [0.25, 0.3) is 0 Å². The quantitative estimate of drug-likeness (QED) is 0.259. The lowest BCUT2D eigenvalue weighted by Crippen LogP contribution is -2.41. The third kappa shape index (κ3) is 11.1. The number of allylic oxidation sites excluding steroid dienone is 1. The van der Waals surface area contributed by atoms with Gasteiger partial charge in [-0.05, 0) is 18.9 Å². The topological polar surface area (TPSA) is 79.2 Å². The molecule has 5 nitrogen and oxygen atoms in total. The Balaban J connectivity index is 1.91. The maximum Gasteiger partial charge on any atom is 0.149 e. The number of ether oxygens (including phenoxy) is 2. The molecule has 160 valence electrons. The lowest BCUT2D eigenvalue weighted by atomic mass is 10.0. The van der Waals surface area contributed by atoms with Crippen LogP contribution >= 0.6 is 0 Å². The number of aliphatic hydroxyl groups excluding tert-OH is 3. The molecule has 0 amide bonds. The van der Waals surface area contributed by atoms with Gasteiger partial charge in [0, 0.05) is 0 Å². The first-order valence-electron chi connectivity index (χ1n) is 11.1. The summed E-state index contributed by atoms with van der Waals surface area (Å²) in [6, 6.07) is 0. The van der Waals surface area contributed by atoms with Crippen molar-refractivity contribution in [2.75, 3.05) is 13.2 Å². The number of unbranched alkanes of at least 4 members (excludes halogenated alkanes) is 12. The SMILES string of the molecule is CCCCCCCCCCCCCC/C=C/O[C@H](CO)[C@H]1OC[C@H](O)[C@H]1O. The molecule has 27 heavy (non-hydrogen) atoms. The Labute approximate surface area is 165 Å². The molecule has 5 heteroatoms. The van der Waals surface area contributed by atoms with Crippen molar-refractivity contribution >= 4 is 0 Å². The van der Waals surface area contributed by atoms with Gasteiger partial charge < -0.3 is 24.8 Å². The zero-order chi connectivity index (χ0) is 19.7. The molecule has 1 saturated heterocycles. The second kappa shape index (κ2) is 16.3. The van der Waals surface area contributed by atoms with Gasteiger partial charge in [0.1, 0.15) is 24.4 Å². The molecular formula is C22H42O5. The van der Waals surface area contributed by atoms with Crippen LogP contribution < -0.4 is 0 Å². The smallest absolute Gasteiger partial charge is 0.149 e. The van der Waals surface area contributed by atoms with E-state index in [0.29, 0.717) is 0 Å². The van der Waals surface area contributed by atoms with Crippen molar-refractivity contribution in [1.82, 2.24) is 0 Å². The molecule has 1 aliphatic heterocycles. The molecule has 0 spiro atoms. The van der Waals surface area contributed by atoms with Gasteiger partial charge in [-0.2, -0.15) is 0 Å².